The third-order valence-electron chi connectivity index (χ3n) is 1.87. The molecule has 1 rings (SSSR count). The summed E-state index contributed by atoms with van der Waals surface area (Å²) in [5.74, 6) is 2.93. The second-order valence-electron chi connectivity index (χ2n) is 4.60. The second kappa shape index (κ2) is 4.88. The van der Waals surface area contributed by atoms with Gasteiger partial charge < -0.3 is 4.74 Å². The van der Waals surface area contributed by atoms with Gasteiger partial charge in [0.2, 0.25) is 0 Å². The van der Waals surface area contributed by atoms with E-state index in [0.29, 0.717) is 17.1 Å². The molecule has 1 heterocycles. The van der Waals surface area contributed by atoms with E-state index in [2.05, 4.69) is 16.2 Å². The molecule has 1 aromatic rings. The lowest BCUT2D eigenvalue weighted by Crippen LogP contribution is -2.27. The zero-order valence-corrected chi connectivity index (χ0v) is 10.5. The van der Waals surface area contributed by atoms with Crippen LogP contribution in [0, 0.1) is 19.3 Å². The van der Waals surface area contributed by atoms with Crippen molar-refractivity contribution >= 4 is 11.9 Å². The molecule has 0 aromatic carbocycles. The molecule has 4 nitrogen and oxygen atoms in total. The van der Waals surface area contributed by atoms with Crippen molar-refractivity contribution in [1.82, 2.24) is 4.98 Å². The zero-order valence-electron chi connectivity index (χ0n) is 10.5. The van der Waals surface area contributed by atoms with Gasteiger partial charge in [-0.25, -0.2) is 9.78 Å². The van der Waals surface area contributed by atoms with Crippen LogP contribution in [0.15, 0.2) is 12.1 Å². The fourth-order valence-electron chi connectivity index (χ4n) is 1.19. The van der Waals surface area contributed by atoms with E-state index < -0.39 is 11.7 Å². The number of hydrogen-bond acceptors (Lipinski definition) is 3. The Bertz CT molecular complexity index is 467. The Morgan fingerprint density at radius 1 is 1.47 bits per heavy atom. The summed E-state index contributed by atoms with van der Waals surface area (Å²) >= 11 is 0. The summed E-state index contributed by atoms with van der Waals surface area (Å²) < 4.78 is 5.11. The van der Waals surface area contributed by atoms with Crippen molar-refractivity contribution in [3.05, 3.63) is 23.4 Å². The topological polar surface area (TPSA) is 51.2 Å². The van der Waals surface area contributed by atoms with Gasteiger partial charge in [-0.05, 0) is 39.8 Å². The van der Waals surface area contributed by atoms with Gasteiger partial charge in [0, 0.05) is 5.56 Å². The molecule has 1 amide bonds. The van der Waals surface area contributed by atoms with Crippen molar-refractivity contribution in [1.29, 1.82) is 0 Å². The minimum atomic E-state index is -0.530. The molecule has 0 spiro atoms. The first-order valence-electron chi connectivity index (χ1n) is 5.26. The van der Waals surface area contributed by atoms with Crippen LogP contribution in [0.3, 0.4) is 0 Å². The van der Waals surface area contributed by atoms with Gasteiger partial charge in [0.25, 0.3) is 0 Å². The first-order valence-corrected chi connectivity index (χ1v) is 5.26. The van der Waals surface area contributed by atoms with Crippen LogP contribution in [-0.2, 0) is 4.74 Å². The Labute approximate surface area is 101 Å². The van der Waals surface area contributed by atoms with Crippen LogP contribution >= 0.6 is 0 Å². The number of ether oxygens (including phenoxy) is 1. The Morgan fingerprint density at radius 2 is 2.12 bits per heavy atom. The van der Waals surface area contributed by atoms with Crippen molar-refractivity contribution < 1.29 is 9.53 Å². The lowest BCUT2D eigenvalue weighted by molar-refractivity contribution is 0.0635. The number of carbonyl (C=O) groups is 1. The van der Waals surface area contributed by atoms with Gasteiger partial charge in [0.05, 0.1) is 5.69 Å². The molecule has 0 fully saturated rings. The molecule has 0 aliphatic carbocycles. The monoisotopic (exact) mass is 232 g/mol. The second-order valence-corrected chi connectivity index (χ2v) is 4.60. The number of nitrogens with zero attached hydrogens (tertiary/aromatic N) is 1. The summed E-state index contributed by atoms with van der Waals surface area (Å²) in [5, 5.41) is 2.55. The van der Waals surface area contributed by atoms with Crippen molar-refractivity contribution in [2.24, 2.45) is 0 Å². The lowest BCUT2D eigenvalue weighted by atomic mass is 10.2. The average Bonchev–Trinajstić information content (AvgIpc) is 2.14. The van der Waals surface area contributed by atoms with Gasteiger partial charge in [-0.1, -0.05) is 5.92 Å². The molecule has 0 saturated carbocycles. The van der Waals surface area contributed by atoms with E-state index in [1.807, 2.05) is 0 Å². The molecule has 0 aliphatic rings. The Morgan fingerprint density at radius 3 is 2.59 bits per heavy atom. The van der Waals surface area contributed by atoms with E-state index in [-0.39, 0.29) is 0 Å². The Balaban J connectivity index is 2.74. The van der Waals surface area contributed by atoms with E-state index in [9.17, 15) is 4.79 Å². The van der Waals surface area contributed by atoms with Gasteiger partial charge in [-0.15, -0.1) is 6.42 Å². The van der Waals surface area contributed by atoms with Crippen LogP contribution in [0.4, 0.5) is 10.6 Å². The maximum atomic E-state index is 11.5. The van der Waals surface area contributed by atoms with Gasteiger partial charge in [0.1, 0.15) is 11.4 Å². The summed E-state index contributed by atoms with van der Waals surface area (Å²) in [6, 6.07) is 3.38. The molecule has 17 heavy (non-hydrogen) atoms. The number of rotatable bonds is 1. The van der Waals surface area contributed by atoms with Crippen LogP contribution in [0.1, 0.15) is 32.0 Å². The van der Waals surface area contributed by atoms with Crippen LogP contribution < -0.4 is 5.32 Å². The van der Waals surface area contributed by atoms with Crippen molar-refractivity contribution in [3.63, 3.8) is 0 Å². The SMILES string of the molecule is C#Cc1ccc(NC(=O)OC(C)(C)C)nc1C. The number of terminal acetylenes is 1. The molecule has 4 heteroatoms. The summed E-state index contributed by atoms with van der Waals surface area (Å²) in [6.45, 7) is 7.18. The molecular weight excluding hydrogens is 216 g/mol. The molecule has 0 saturated heterocycles. The van der Waals surface area contributed by atoms with E-state index in [4.69, 9.17) is 11.2 Å². The van der Waals surface area contributed by atoms with E-state index >= 15 is 0 Å². The van der Waals surface area contributed by atoms with Crippen molar-refractivity contribution in [3.8, 4) is 12.3 Å². The molecule has 0 atom stereocenters. The van der Waals surface area contributed by atoms with E-state index in [1.165, 1.54) is 0 Å². The quantitative estimate of drug-likeness (QED) is 0.757. The molecule has 0 radical (unpaired) electrons. The number of amides is 1. The highest BCUT2D eigenvalue weighted by molar-refractivity contribution is 5.83. The molecule has 1 aromatic heterocycles. The number of hydrogen-bond donors (Lipinski definition) is 1. The van der Waals surface area contributed by atoms with Crippen molar-refractivity contribution in [2.45, 2.75) is 33.3 Å². The van der Waals surface area contributed by atoms with Gasteiger partial charge >= 0.3 is 6.09 Å². The summed E-state index contributed by atoms with van der Waals surface area (Å²) in [4.78, 5) is 15.6. The fraction of sp³-hybridized carbons (Fsp3) is 0.385. The highest BCUT2D eigenvalue weighted by Gasteiger charge is 2.16. The fourth-order valence-corrected chi connectivity index (χ4v) is 1.19. The minimum absolute atomic E-state index is 0.427. The van der Waals surface area contributed by atoms with E-state index in [1.54, 1.807) is 39.8 Å². The predicted octanol–water partition coefficient (Wildman–Crippen LogP) is 2.72. The van der Waals surface area contributed by atoms with Gasteiger partial charge in [-0.2, -0.15) is 0 Å². The molecule has 1 N–H and O–H groups in total. The molecule has 0 unspecified atom stereocenters. The largest absolute Gasteiger partial charge is 0.444 e. The third kappa shape index (κ3) is 4.15. The molecule has 0 aliphatic heterocycles. The number of nitrogens with one attached hydrogen (secondary N) is 1. The normalized spacial score (nSPS) is 10.5. The summed E-state index contributed by atoms with van der Waals surface area (Å²) in [6.07, 6.45) is 4.75. The summed E-state index contributed by atoms with van der Waals surface area (Å²) in [5.41, 5.74) is 0.874. The van der Waals surface area contributed by atoms with Crippen LogP contribution in [0.25, 0.3) is 0 Å². The molecular formula is C13H16N2O2. The van der Waals surface area contributed by atoms with Crippen LogP contribution in [-0.4, -0.2) is 16.7 Å². The number of carbonyl (C=O) groups excluding carboxylic acids is 1. The predicted molar refractivity (Wildman–Crippen MR) is 66.8 cm³/mol. The number of aromatic nitrogens is 1. The van der Waals surface area contributed by atoms with Gasteiger partial charge in [-0.3, -0.25) is 5.32 Å². The van der Waals surface area contributed by atoms with Crippen LogP contribution in [0.2, 0.25) is 0 Å². The Kier molecular flexibility index (Phi) is 3.74. The van der Waals surface area contributed by atoms with Crippen molar-refractivity contribution in [2.75, 3.05) is 5.32 Å². The highest BCUT2D eigenvalue weighted by Crippen LogP contribution is 2.12. The van der Waals surface area contributed by atoms with E-state index in [0.717, 1.165) is 0 Å². The first kappa shape index (κ1) is 13.0. The number of pyridine rings is 1. The minimum Gasteiger partial charge on any atom is -0.444 e. The molecule has 0 bridgehead atoms. The van der Waals surface area contributed by atoms with Crippen LogP contribution in [0.5, 0.6) is 0 Å². The number of aryl methyl sites for hydroxylation is 1. The third-order valence-corrected chi connectivity index (χ3v) is 1.87. The molecule has 90 valence electrons. The smallest absolute Gasteiger partial charge is 0.413 e. The number of anilines is 1. The summed E-state index contributed by atoms with van der Waals surface area (Å²) in [7, 11) is 0. The maximum absolute atomic E-state index is 11.5. The average molecular weight is 232 g/mol. The lowest BCUT2D eigenvalue weighted by Gasteiger charge is -2.19. The first-order chi connectivity index (χ1) is 7.81. The zero-order chi connectivity index (χ0) is 13.1. The highest BCUT2D eigenvalue weighted by atomic mass is 16.6. The standard InChI is InChI=1S/C13H16N2O2/c1-6-10-7-8-11(14-9(10)2)15-12(16)17-13(3,4)5/h1,7-8H,2-5H3,(H,14,15,16). The maximum Gasteiger partial charge on any atom is 0.413 e. The van der Waals surface area contributed by atoms with Gasteiger partial charge in [0.15, 0.2) is 0 Å². The Hall–Kier alpha value is -2.02.